The molecular formula is C10H13ClN6O3. The van der Waals surface area contributed by atoms with E-state index in [4.69, 9.17) is 17.4 Å². The monoisotopic (exact) mass is 300 g/mol. The van der Waals surface area contributed by atoms with Gasteiger partial charge in [-0.05, 0) is 11.6 Å². The van der Waals surface area contributed by atoms with Crippen LogP contribution in [-0.2, 0) is 6.54 Å². The maximum absolute atomic E-state index is 11.3. The molecule has 0 aliphatic rings. The zero-order chi connectivity index (χ0) is 15.1. The third-order valence-corrected chi connectivity index (χ3v) is 2.41. The number of halogens is 1. The van der Waals surface area contributed by atoms with E-state index in [-0.39, 0.29) is 12.4 Å². The molecule has 2 amide bonds. The summed E-state index contributed by atoms with van der Waals surface area (Å²) in [6.07, 6.45) is 2.10. The summed E-state index contributed by atoms with van der Waals surface area (Å²) in [6, 6.07) is 2.57. The quantitative estimate of drug-likeness (QED) is 0.238. The van der Waals surface area contributed by atoms with Gasteiger partial charge in [-0.25, -0.2) is 20.6 Å². The van der Waals surface area contributed by atoms with Gasteiger partial charge < -0.3 is 10.6 Å². The van der Waals surface area contributed by atoms with Crippen molar-refractivity contribution in [3.8, 4) is 0 Å². The summed E-state index contributed by atoms with van der Waals surface area (Å²) in [5, 5.41) is 16.4. The maximum atomic E-state index is 11.3. The zero-order valence-corrected chi connectivity index (χ0v) is 11.3. The molecule has 9 nitrogen and oxygen atoms in total. The van der Waals surface area contributed by atoms with Gasteiger partial charge in [0.1, 0.15) is 5.15 Å². The van der Waals surface area contributed by atoms with Crippen LogP contribution in [0, 0.1) is 10.1 Å². The van der Waals surface area contributed by atoms with E-state index in [0.29, 0.717) is 21.9 Å². The van der Waals surface area contributed by atoms with Crippen LogP contribution in [-0.4, -0.2) is 28.0 Å². The van der Waals surface area contributed by atoms with Crippen LogP contribution in [0.25, 0.3) is 0 Å². The lowest BCUT2D eigenvalue weighted by atomic mass is 10.3. The number of hydrogen-bond donors (Lipinski definition) is 3. The molecule has 1 rings (SSSR count). The lowest BCUT2D eigenvalue weighted by Gasteiger charge is -2.18. The van der Waals surface area contributed by atoms with Crippen molar-refractivity contribution < 1.29 is 9.72 Å². The van der Waals surface area contributed by atoms with Crippen molar-refractivity contribution in [2.75, 3.05) is 7.05 Å². The Morgan fingerprint density at radius 2 is 2.35 bits per heavy atom. The van der Waals surface area contributed by atoms with Crippen LogP contribution in [0.1, 0.15) is 5.56 Å². The van der Waals surface area contributed by atoms with Gasteiger partial charge in [-0.2, -0.15) is 0 Å². The van der Waals surface area contributed by atoms with Crippen LogP contribution in [0.5, 0.6) is 0 Å². The fourth-order valence-electron chi connectivity index (χ4n) is 1.23. The molecule has 1 aromatic rings. The number of aromatic nitrogens is 1. The van der Waals surface area contributed by atoms with E-state index < -0.39 is 11.0 Å². The largest absolute Gasteiger partial charge is 0.361 e. The summed E-state index contributed by atoms with van der Waals surface area (Å²) in [6.45, 7) is 0.189. The highest BCUT2D eigenvalue weighted by atomic mass is 35.5. The predicted octanol–water partition coefficient (Wildman–Crippen LogP) is 0.415. The lowest BCUT2D eigenvalue weighted by molar-refractivity contribution is -0.404. The Bertz CT molecular complexity index is 518. The van der Waals surface area contributed by atoms with Gasteiger partial charge in [0.25, 0.3) is 6.20 Å². The van der Waals surface area contributed by atoms with Crippen LogP contribution in [0.3, 0.4) is 0 Å². The Morgan fingerprint density at radius 3 is 2.85 bits per heavy atom. The van der Waals surface area contributed by atoms with Gasteiger partial charge in [-0.3, -0.25) is 10.1 Å². The highest BCUT2D eigenvalue weighted by molar-refractivity contribution is 6.29. The molecule has 0 aliphatic carbocycles. The molecule has 0 saturated heterocycles. The van der Waals surface area contributed by atoms with Gasteiger partial charge in [0.15, 0.2) is 5.82 Å². The fraction of sp³-hybridized carbons (Fsp3) is 0.200. The molecule has 0 radical (unpaired) electrons. The highest BCUT2D eigenvalue weighted by Crippen LogP contribution is 2.06. The van der Waals surface area contributed by atoms with E-state index in [0.717, 1.165) is 0 Å². The molecule has 4 N–H and O–H groups in total. The van der Waals surface area contributed by atoms with Gasteiger partial charge in [-0.1, -0.05) is 17.7 Å². The van der Waals surface area contributed by atoms with Crippen molar-refractivity contribution in [1.29, 1.82) is 0 Å². The van der Waals surface area contributed by atoms with E-state index >= 15 is 0 Å². The minimum atomic E-state index is -0.717. The van der Waals surface area contributed by atoms with Gasteiger partial charge in [-0.15, -0.1) is 0 Å². The molecule has 0 atom stereocenters. The first-order valence-electron chi connectivity index (χ1n) is 5.40. The van der Waals surface area contributed by atoms with Crippen LogP contribution in [0.4, 0.5) is 4.79 Å². The molecule has 20 heavy (non-hydrogen) atoms. The molecule has 0 bridgehead atoms. The number of carbonyl (C=O) groups excluding carboxylic acids is 1. The summed E-state index contributed by atoms with van der Waals surface area (Å²) < 4.78 is 0. The molecule has 0 saturated carbocycles. The number of nitrogens with zero attached hydrogens (tertiary/aromatic N) is 3. The van der Waals surface area contributed by atoms with Gasteiger partial charge >= 0.3 is 6.03 Å². The van der Waals surface area contributed by atoms with Crippen LogP contribution >= 0.6 is 11.6 Å². The minimum Gasteiger partial charge on any atom is -0.361 e. The standard InChI is InChI=1S/C10H13ClN6O3/c1-13-10(18)17(12)9(6-16(19)20)15-5-7-2-3-8(11)14-4-7/h2-4,6,15H,5,12H2,1H3,(H,13,18). The summed E-state index contributed by atoms with van der Waals surface area (Å²) >= 11 is 5.64. The van der Waals surface area contributed by atoms with E-state index in [1.807, 2.05) is 0 Å². The molecule has 0 unspecified atom stereocenters. The van der Waals surface area contributed by atoms with E-state index in [1.165, 1.54) is 13.2 Å². The zero-order valence-electron chi connectivity index (χ0n) is 10.5. The van der Waals surface area contributed by atoms with E-state index in [2.05, 4.69) is 15.6 Å². The van der Waals surface area contributed by atoms with Crippen molar-refractivity contribution >= 4 is 17.6 Å². The first-order valence-corrected chi connectivity index (χ1v) is 5.78. The second-order valence-corrected chi connectivity index (χ2v) is 3.95. The average Bonchev–Trinajstić information content (AvgIpc) is 2.43. The normalized spacial score (nSPS) is 10.8. The molecule has 108 valence electrons. The molecule has 1 heterocycles. The Labute approximate surface area is 119 Å². The second kappa shape index (κ2) is 7.26. The molecule has 0 aliphatic heterocycles. The van der Waals surface area contributed by atoms with Crippen LogP contribution < -0.4 is 16.5 Å². The fourth-order valence-corrected chi connectivity index (χ4v) is 1.34. The molecular weight excluding hydrogens is 288 g/mol. The third-order valence-electron chi connectivity index (χ3n) is 2.18. The number of nitrogens with two attached hydrogens (primary N) is 1. The Hall–Kier alpha value is -2.39. The van der Waals surface area contributed by atoms with Gasteiger partial charge in [0, 0.05) is 19.8 Å². The topological polar surface area (TPSA) is 126 Å². The SMILES string of the molecule is CNC(=O)N(N)C(=C[N+](=O)[O-])NCc1ccc(Cl)nc1. The number of nitro groups is 1. The lowest BCUT2D eigenvalue weighted by Crippen LogP contribution is -2.46. The highest BCUT2D eigenvalue weighted by Gasteiger charge is 2.16. The minimum absolute atomic E-state index is 0.163. The number of amides is 2. The third kappa shape index (κ3) is 4.71. The van der Waals surface area contributed by atoms with Crippen molar-refractivity contribution in [3.05, 3.63) is 51.2 Å². The molecule has 0 spiro atoms. The van der Waals surface area contributed by atoms with Crippen molar-refractivity contribution in [2.45, 2.75) is 6.54 Å². The number of hydrogen-bond acceptors (Lipinski definition) is 6. The smallest absolute Gasteiger partial charge is 0.337 e. The number of rotatable bonds is 5. The Kier molecular flexibility index (Phi) is 5.69. The number of pyridine rings is 1. The first-order chi connectivity index (χ1) is 9.43. The molecule has 0 aromatic carbocycles. The summed E-state index contributed by atoms with van der Waals surface area (Å²) in [5.41, 5.74) is 0.717. The molecule has 1 aromatic heterocycles. The average molecular weight is 301 g/mol. The molecule has 10 heteroatoms. The number of urea groups is 1. The summed E-state index contributed by atoms with van der Waals surface area (Å²) in [4.78, 5) is 25.0. The van der Waals surface area contributed by atoms with E-state index in [1.54, 1.807) is 12.1 Å². The maximum Gasteiger partial charge on any atom is 0.337 e. The van der Waals surface area contributed by atoms with E-state index in [9.17, 15) is 14.9 Å². The van der Waals surface area contributed by atoms with Gasteiger partial charge in [0.2, 0.25) is 0 Å². The first kappa shape index (κ1) is 15.7. The Balaban J connectivity index is 2.78. The van der Waals surface area contributed by atoms with Crippen LogP contribution in [0.15, 0.2) is 30.4 Å². The van der Waals surface area contributed by atoms with Gasteiger partial charge in [0.05, 0.1) is 4.92 Å². The summed E-state index contributed by atoms with van der Waals surface area (Å²) in [5.74, 6) is 5.30. The number of hydrazine groups is 1. The molecule has 0 fully saturated rings. The van der Waals surface area contributed by atoms with Crippen molar-refractivity contribution in [2.24, 2.45) is 5.84 Å². The Morgan fingerprint density at radius 1 is 1.65 bits per heavy atom. The van der Waals surface area contributed by atoms with Crippen molar-refractivity contribution in [3.63, 3.8) is 0 Å². The predicted molar refractivity (Wildman–Crippen MR) is 71.6 cm³/mol. The number of carbonyl (C=O) groups is 1. The number of nitrogens with one attached hydrogen (secondary N) is 2. The summed E-state index contributed by atoms with van der Waals surface area (Å²) in [7, 11) is 1.36. The van der Waals surface area contributed by atoms with Crippen molar-refractivity contribution in [1.82, 2.24) is 20.6 Å². The second-order valence-electron chi connectivity index (χ2n) is 3.57. The van der Waals surface area contributed by atoms with Crippen LogP contribution in [0.2, 0.25) is 5.15 Å².